The van der Waals surface area contributed by atoms with Gasteiger partial charge in [0.15, 0.2) is 0 Å². The summed E-state index contributed by atoms with van der Waals surface area (Å²) in [4.78, 5) is 12.4. The van der Waals surface area contributed by atoms with E-state index in [0.29, 0.717) is 26.1 Å². The van der Waals surface area contributed by atoms with Gasteiger partial charge in [-0.2, -0.15) is 0 Å². The molecule has 0 aromatic carbocycles. The van der Waals surface area contributed by atoms with Gasteiger partial charge in [0, 0.05) is 19.1 Å². The van der Waals surface area contributed by atoms with Crippen LogP contribution in [-0.4, -0.2) is 36.4 Å². The molecule has 0 atom stereocenters. The molecule has 2 fully saturated rings. The maximum atomic E-state index is 12.4. The molecule has 0 spiro atoms. The second-order valence-corrected chi connectivity index (χ2v) is 6.92. The minimum absolute atomic E-state index is 0.00429. The fourth-order valence-electron chi connectivity index (χ4n) is 3.27. The molecule has 0 bridgehead atoms. The van der Waals surface area contributed by atoms with Gasteiger partial charge in [-0.15, -0.1) is 0 Å². The lowest BCUT2D eigenvalue weighted by atomic mass is 9.90. The smallest absolute Gasteiger partial charge is 0.224 e. The van der Waals surface area contributed by atoms with Crippen molar-refractivity contribution in [3.63, 3.8) is 0 Å². The Labute approximate surface area is 109 Å². The number of rotatable bonds is 3. The lowest BCUT2D eigenvalue weighted by molar-refractivity contribution is -0.127. The van der Waals surface area contributed by atoms with Crippen molar-refractivity contribution >= 4 is 5.91 Å². The highest BCUT2D eigenvalue weighted by Crippen LogP contribution is 2.68. The molecular weight excluding hydrogens is 230 g/mol. The van der Waals surface area contributed by atoms with Crippen LogP contribution in [0.1, 0.15) is 40.5 Å². The number of aliphatic hydroxyl groups is 1. The summed E-state index contributed by atoms with van der Waals surface area (Å²) < 4.78 is 5.30. The van der Waals surface area contributed by atoms with Gasteiger partial charge in [0.1, 0.15) is 0 Å². The van der Waals surface area contributed by atoms with Crippen molar-refractivity contribution in [2.75, 3.05) is 19.8 Å². The minimum Gasteiger partial charge on any atom is -0.394 e. The highest BCUT2D eigenvalue weighted by atomic mass is 16.5. The molecular formula is C14H25NO3. The zero-order chi connectivity index (χ0) is 13.6. The van der Waals surface area contributed by atoms with E-state index in [1.54, 1.807) is 0 Å². The van der Waals surface area contributed by atoms with Crippen LogP contribution in [0.4, 0.5) is 0 Å². The van der Waals surface area contributed by atoms with Crippen LogP contribution < -0.4 is 5.32 Å². The van der Waals surface area contributed by atoms with Crippen LogP contribution in [0.25, 0.3) is 0 Å². The molecule has 2 aliphatic rings. The van der Waals surface area contributed by atoms with Gasteiger partial charge < -0.3 is 15.2 Å². The fourth-order valence-corrected chi connectivity index (χ4v) is 3.27. The summed E-state index contributed by atoms with van der Waals surface area (Å²) in [6, 6.07) is 0. The van der Waals surface area contributed by atoms with E-state index in [-0.39, 0.29) is 29.3 Å². The predicted octanol–water partition coefficient (Wildman–Crippen LogP) is 1.33. The number of carbonyl (C=O) groups is 1. The van der Waals surface area contributed by atoms with Crippen LogP contribution in [0, 0.1) is 16.7 Å². The Morgan fingerprint density at radius 1 is 1.22 bits per heavy atom. The highest BCUT2D eigenvalue weighted by molar-refractivity contribution is 5.84. The summed E-state index contributed by atoms with van der Waals surface area (Å²) in [6.07, 6.45) is 1.39. The van der Waals surface area contributed by atoms with Crippen LogP contribution in [-0.2, 0) is 9.53 Å². The number of amides is 1. The highest BCUT2D eigenvalue weighted by Gasteiger charge is 2.68. The van der Waals surface area contributed by atoms with E-state index in [4.69, 9.17) is 4.74 Å². The second-order valence-electron chi connectivity index (χ2n) is 6.92. The van der Waals surface area contributed by atoms with E-state index in [1.807, 2.05) is 0 Å². The summed E-state index contributed by atoms with van der Waals surface area (Å²) in [5.41, 5.74) is -0.387. The first-order valence-electron chi connectivity index (χ1n) is 6.77. The molecule has 1 heterocycles. The van der Waals surface area contributed by atoms with Crippen molar-refractivity contribution in [1.29, 1.82) is 0 Å². The van der Waals surface area contributed by atoms with Crippen molar-refractivity contribution in [1.82, 2.24) is 5.32 Å². The maximum Gasteiger partial charge on any atom is 0.224 e. The topological polar surface area (TPSA) is 58.6 Å². The lowest BCUT2D eigenvalue weighted by Crippen LogP contribution is -2.55. The predicted molar refractivity (Wildman–Crippen MR) is 69.1 cm³/mol. The minimum atomic E-state index is -0.468. The molecule has 1 saturated heterocycles. The van der Waals surface area contributed by atoms with Crippen molar-refractivity contribution < 1.29 is 14.6 Å². The number of nitrogens with one attached hydrogen (secondary N) is 1. The van der Waals surface area contributed by atoms with Crippen LogP contribution in [0.3, 0.4) is 0 Å². The lowest BCUT2D eigenvalue weighted by Gasteiger charge is -2.36. The summed E-state index contributed by atoms with van der Waals surface area (Å²) >= 11 is 0. The van der Waals surface area contributed by atoms with Crippen LogP contribution in [0.2, 0.25) is 0 Å². The Kier molecular flexibility index (Phi) is 3.23. The molecule has 1 saturated carbocycles. The fraction of sp³-hybridized carbons (Fsp3) is 0.929. The molecule has 4 heteroatoms. The number of carbonyl (C=O) groups excluding carboxylic acids is 1. The van der Waals surface area contributed by atoms with Crippen LogP contribution in [0.15, 0.2) is 0 Å². The van der Waals surface area contributed by atoms with Gasteiger partial charge in [0.05, 0.1) is 12.1 Å². The van der Waals surface area contributed by atoms with Gasteiger partial charge in [0.2, 0.25) is 5.91 Å². The van der Waals surface area contributed by atoms with Crippen molar-refractivity contribution in [2.24, 2.45) is 16.7 Å². The Morgan fingerprint density at radius 3 is 2.11 bits per heavy atom. The first kappa shape index (κ1) is 13.8. The monoisotopic (exact) mass is 255 g/mol. The summed E-state index contributed by atoms with van der Waals surface area (Å²) in [5.74, 6) is 0.122. The third-order valence-corrected chi connectivity index (χ3v) is 5.42. The van der Waals surface area contributed by atoms with Gasteiger partial charge in [-0.1, -0.05) is 27.7 Å². The van der Waals surface area contributed by atoms with Crippen LogP contribution in [0.5, 0.6) is 0 Å². The average molecular weight is 255 g/mol. The zero-order valence-corrected chi connectivity index (χ0v) is 11.9. The molecule has 18 heavy (non-hydrogen) atoms. The maximum absolute atomic E-state index is 12.4. The van der Waals surface area contributed by atoms with E-state index < -0.39 is 5.54 Å². The quantitative estimate of drug-likeness (QED) is 0.800. The van der Waals surface area contributed by atoms with Gasteiger partial charge >= 0.3 is 0 Å². The van der Waals surface area contributed by atoms with E-state index in [9.17, 15) is 9.90 Å². The Bertz CT molecular complexity index is 329. The second kappa shape index (κ2) is 4.20. The van der Waals surface area contributed by atoms with Gasteiger partial charge in [-0.25, -0.2) is 0 Å². The molecule has 104 valence electrons. The number of ether oxygens (including phenoxy) is 1. The Morgan fingerprint density at radius 2 is 1.72 bits per heavy atom. The first-order chi connectivity index (χ1) is 8.27. The molecule has 0 aromatic heterocycles. The zero-order valence-electron chi connectivity index (χ0n) is 11.9. The number of hydrogen-bond donors (Lipinski definition) is 2. The summed E-state index contributed by atoms with van der Waals surface area (Å²) in [7, 11) is 0. The third-order valence-electron chi connectivity index (χ3n) is 5.42. The standard InChI is InChI=1S/C14H25NO3/c1-12(2)10(13(12,3)4)11(17)15-14(9-16)5-7-18-8-6-14/h10,16H,5-9H2,1-4H3,(H,15,17). The van der Waals surface area contributed by atoms with Crippen LogP contribution >= 0.6 is 0 Å². The summed E-state index contributed by atoms with van der Waals surface area (Å²) in [6.45, 7) is 9.74. The molecule has 1 aliphatic carbocycles. The first-order valence-corrected chi connectivity index (χ1v) is 6.77. The summed E-state index contributed by atoms with van der Waals surface area (Å²) in [5, 5.41) is 12.7. The van der Waals surface area contributed by atoms with E-state index in [0.717, 1.165) is 0 Å². The van der Waals surface area contributed by atoms with Gasteiger partial charge in [-0.3, -0.25) is 4.79 Å². The molecule has 2 rings (SSSR count). The average Bonchev–Trinajstić information content (AvgIpc) is 2.70. The van der Waals surface area contributed by atoms with E-state index in [2.05, 4.69) is 33.0 Å². The largest absolute Gasteiger partial charge is 0.394 e. The molecule has 0 radical (unpaired) electrons. The third kappa shape index (κ3) is 1.95. The molecule has 1 aliphatic heterocycles. The molecule has 0 unspecified atom stereocenters. The molecule has 4 nitrogen and oxygen atoms in total. The van der Waals surface area contributed by atoms with E-state index in [1.165, 1.54) is 0 Å². The number of aliphatic hydroxyl groups excluding tert-OH is 1. The normalized spacial score (nSPS) is 28.7. The van der Waals surface area contributed by atoms with E-state index >= 15 is 0 Å². The SMILES string of the molecule is CC1(C)C(C(=O)NC2(CO)CCOCC2)C1(C)C. The Balaban J connectivity index is 2.03. The van der Waals surface area contributed by atoms with Gasteiger partial charge in [-0.05, 0) is 23.7 Å². The molecule has 0 aromatic rings. The van der Waals surface area contributed by atoms with Crippen molar-refractivity contribution in [3.05, 3.63) is 0 Å². The number of hydrogen-bond acceptors (Lipinski definition) is 3. The Hall–Kier alpha value is -0.610. The van der Waals surface area contributed by atoms with Crippen molar-refractivity contribution in [2.45, 2.75) is 46.1 Å². The van der Waals surface area contributed by atoms with Gasteiger partial charge in [0.25, 0.3) is 0 Å². The van der Waals surface area contributed by atoms with Crippen molar-refractivity contribution in [3.8, 4) is 0 Å². The molecule has 2 N–H and O–H groups in total. The molecule has 1 amide bonds.